The second-order valence-electron chi connectivity index (χ2n) is 5.77. The summed E-state index contributed by atoms with van der Waals surface area (Å²) in [4.78, 5) is 27.1. The van der Waals surface area contributed by atoms with Gasteiger partial charge in [-0.15, -0.1) is 11.8 Å². The van der Waals surface area contributed by atoms with E-state index in [0.717, 1.165) is 4.90 Å². The van der Waals surface area contributed by atoms with E-state index in [0.29, 0.717) is 15.5 Å². The van der Waals surface area contributed by atoms with E-state index in [4.69, 9.17) is 11.6 Å². The van der Waals surface area contributed by atoms with Gasteiger partial charge in [0.1, 0.15) is 5.82 Å². The Morgan fingerprint density at radius 1 is 1.00 bits per heavy atom. The molecule has 6 heteroatoms. The Kier molecular flexibility index (Phi) is 4.97. The molecule has 25 heavy (non-hydrogen) atoms. The quantitative estimate of drug-likeness (QED) is 0.713. The number of imide groups is 1. The van der Waals surface area contributed by atoms with Gasteiger partial charge in [0.2, 0.25) is 0 Å². The highest BCUT2D eigenvalue weighted by Crippen LogP contribution is 2.40. The first-order chi connectivity index (χ1) is 11.9. The normalized spacial score (nSPS) is 14.8. The fraction of sp³-hybridized carbons (Fsp3) is 0.158. The number of para-hydroxylation sites is 1. The molecule has 1 aliphatic heterocycles. The highest BCUT2D eigenvalue weighted by Gasteiger charge is 2.41. The zero-order valence-electron chi connectivity index (χ0n) is 13.6. The van der Waals surface area contributed by atoms with Crippen LogP contribution in [-0.4, -0.2) is 17.1 Å². The molecular formula is C19H15ClFNO2S. The van der Waals surface area contributed by atoms with Gasteiger partial charge >= 0.3 is 0 Å². The molecule has 2 aromatic carbocycles. The molecule has 0 aromatic heterocycles. The summed E-state index contributed by atoms with van der Waals surface area (Å²) in [6.07, 6.45) is 0. The third-order valence-electron chi connectivity index (χ3n) is 3.62. The molecule has 3 nitrogen and oxygen atoms in total. The maximum Gasteiger partial charge on any atom is 0.272 e. The molecule has 2 amide bonds. The predicted molar refractivity (Wildman–Crippen MR) is 100.0 cm³/mol. The number of hydrogen-bond acceptors (Lipinski definition) is 3. The lowest BCUT2D eigenvalue weighted by Crippen LogP contribution is -2.32. The van der Waals surface area contributed by atoms with Gasteiger partial charge in [-0.05, 0) is 29.8 Å². The Morgan fingerprint density at radius 3 is 2.24 bits per heavy atom. The summed E-state index contributed by atoms with van der Waals surface area (Å²) in [5.41, 5.74) is 0.830. The number of carbonyl (C=O) groups is 2. The second-order valence-corrected chi connectivity index (χ2v) is 7.80. The molecule has 0 N–H and O–H groups in total. The van der Waals surface area contributed by atoms with Crippen molar-refractivity contribution >= 4 is 46.4 Å². The van der Waals surface area contributed by atoms with Crippen LogP contribution in [0.5, 0.6) is 0 Å². The number of rotatable bonds is 4. The monoisotopic (exact) mass is 375 g/mol. The summed E-state index contributed by atoms with van der Waals surface area (Å²) in [7, 11) is 0. The second kappa shape index (κ2) is 7.02. The Hall–Kier alpha value is -2.11. The lowest BCUT2D eigenvalue weighted by atomic mass is 10.1. The van der Waals surface area contributed by atoms with Crippen LogP contribution in [0.15, 0.2) is 53.4 Å². The van der Waals surface area contributed by atoms with Gasteiger partial charge < -0.3 is 0 Å². The van der Waals surface area contributed by atoms with Crippen molar-refractivity contribution in [3.63, 3.8) is 0 Å². The summed E-state index contributed by atoms with van der Waals surface area (Å²) >= 11 is 7.21. The minimum atomic E-state index is -0.615. The smallest absolute Gasteiger partial charge is 0.268 e. The van der Waals surface area contributed by atoms with Crippen LogP contribution in [0.2, 0.25) is 5.02 Å². The number of nitrogens with zero attached hydrogens (tertiary/aromatic N) is 1. The van der Waals surface area contributed by atoms with Gasteiger partial charge in [-0.2, -0.15) is 0 Å². The summed E-state index contributed by atoms with van der Waals surface area (Å²) in [6.45, 7) is 3.86. The molecule has 0 spiro atoms. The molecule has 128 valence electrons. The minimum Gasteiger partial charge on any atom is -0.268 e. The molecule has 1 heterocycles. The van der Waals surface area contributed by atoms with E-state index in [2.05, 4.69) is 0 Å². The van der Waals surface area contributed by atoms with Gasteiger partial charge in [-0.25, -0.2) is 9.29 Å². The van der Waals surface area contributed by atoms with Crippen LogP contribution in [0, 0.1) is 5.82 Å². The Morgan fingerprint density at radius 2 is 1.64 bits per heavy atom. The van der Waals surface area contributed by atoms with Crippen molar-refractivity contribution in [3.05, 3.63) is 69.8 Å². The van der Waals surface area contributed by atoms with E-state index in [-0.39, 0.29) is 16.5 Å². The molecule has 0 saturated heterocycles. The van der Waals surface area contributed by atoms with Gasteiger partial charge in [0, 0.05) is 10.3 Å². The summed E-state index contributed by atoms with van der Waals surface area (Å²) in [5, 5.41) is 0.625. The fourth-order valence-corrected chi connectivity index (χ4v) is 3.69. The van der Waals surface area contributed by atoms with Crippen LogP contribution in [0.1, 0.15) is 19.4 Å². The molecule has 1 aliphatic rings. The zero-order chi connectivity index (χ0) is 18.1. The van der Waals surface area contributed by atoms with E-state index in [9.17, 15) is 14.0 Å². The zero-order valence-corrected chi connectivity index (χ0v) is 15.2. The molecule has 0 unspecified atom stereocenters. The van der Waals surface area contributed by atoms with Crippen molar-refractivity contribution in [2.45, 2.75) is 19.1 Å². The molecule has 0 saturated carbocycles. The third kappa shape index (κ3) is 3.34. The van der Waals surface area contributed by atoms with Crippen molar-refractivity contribution < 1.29 is 14.0 Å². The number of carbonyl (C=O) groups excluding carboxylic acids is 2. The summed E-state index contributed by atoms with van der Waals surface area (Å²) in [6, 6.07) is 12.5. The van der Waals surface area contributed by atoms with Crippen molar-refractivity contribution in [1.29, 1.82) is 0 Å². The van der Waals surface area contributed by atoms with Crippen LogP contribution in [0.25, 0.3) is 5.57 Å². The highest BCUT2D eigenvalue weighted by atomic mass is 35.5. The summed E-state index contributed by atoms with van der Waals surface area (Å²) < 4.78 is 14.2. The van der Waals surface area contributed by atoms with Gasteiger partial charge in [-0.1, -0.05) is 49.7 Å². The molecule has 0 bridgehead atoms. The Bertz CT molecular complexity index is 877. The van der Waals surface area contributed by atoms with Crippen LogP contribution >= 0.6 is 23.4 Å². The van der Waals surface area contributed by atoms with Gasteiger partial charge in [0.25, 0.3) is 11.8 Å². The van der Waals surface area contributed by atoms with Gasteiger partial charge in [-0.3, -0.25) is 9.59 Å². The van der Waals surface area contributed by atoms with Crippen LogP contribution in [0.3, 0.4) is 0 Å². The average molecular weight is 376 g/mol. The largest absolute Gasteiger partial charge is 0.272 e. The maximum atomic E-state index is 14.2. The molecule has 0 radical (unpaired) electrons. The van der Waals surface area contributed by atoms with Gasteiger partial charge in [0.05, 0.1) is 16.2 Å². The topological polar surface area (TPSA) is 37.4 Å². The number of halogens is 2. The minimum absolute atomic E-state index is 0.0386. The van der Waals surface area contributed by atoms with Crippen molar-refractivity contribution in [3.8, 4) is 0 Å². The van der Waals surface area contributed by atoms with E-state index in [1.165, 1.54) is 30.0 Å². The lowest BCUT2D eigenvalue weighted by Gasteiger charge is -2.16. The third-order valence-corrected chi connectivity index (χ3v) is 4.96. The first-order valence-electron chi connectivity index (χ1n) is 7.70. The number of benzene rings is 2. The first kappa shape index (κ1) is 17.7. The standard InChI is InChI=1S/C19H15ClFNO2S/c1-11(2)25-17-16(12-7-9-13(20)10-8-12)18(23)22(19(17)24)15-6-4-3-5-14(15)21/h3-11H,1-2H3. The van der Waals surface area contributed by atoms with E-state index in [1.807, 2.05) is 13.8 Å². The molecule has 0 fully saturated rings. The maximum absolute atomic E-state index is 14.2. The van der Waals surface area contributed by atoms with Crippen molar-refractivity contribution in [2.24, 2.45) is 0 Å². The Balaban J connectivity index is 2.13. The van der Waals surface area contributed by atoms with Crippen LogP contribution in [-0.2, 0) is 9.59 Å². The predicted octanol–water partition coefficient (Wildman–Crippen LogP) is 4.91. The average Bonchev–Trinajstić information content (AvgIpc) is 2.80. The molecular weight excluding hydrogens is 361 g/mol. The first-order valence-corrected chi connectivity index (χ1v) is 8.96. The SMILES string of the molecule is CC(C)SC1=C(c2ccc(Cl)cc2)C(=O)N(c2ccccc2F)C1=O. The number of anilines is 1. The number of thioether (sulfide) groups is 1. The molecule has 0 aliphatic carbocycles. The van der Waals surface area contributed by atoms with E-state index >= 15 is 0 Å². The van der Waals surface area contributed by atoms with Crippen LogP contribution < -0.4 is 4.90 Å². The highest BCUT2D eigenvalue weighted by molar-refractivity contribution is 8.04. The van der Waals surface area contributed by atoms with Gasteiger partial charge in [0.15, 0.2) is 0 Å². The molecule has 0 atom stereocenters. The molecule has 2 aromatic rings. The fourth-order valence-electron chi connectivity index (χ4n) is 2.58. The van der Waals surface area contributed by atoms with E-state index < -0.39 is 17.6 Å². The number of amides is 2. The molecule has 3 rings (SSSR count). The summed E-state index contributed by atoms with van der Waals surface area (Å²) in [5.74, 6) is -1.64. The Labute approximate surface area is 154 Å². The lowest BCUT2D eigenvalue weighted by molar-refractivity contribution is -0.119. The van der Waals surface area contributed by atoms with Crippen LogP contribution in [0.4, 0.5) is 10.1 Å². The van der Waals surface area contributed by atoms with Crippen molar-refractivity contribution in [2.75, 3.05) is 4.90 Å². The number of hydrogen-bond donors (Lipinski definition) is 0. The van der Waals surface area contributed by atoms with E-state index in [1.54, 1.807) is 30.3 Å². The van der Waals surface area contributed by atoms with Crippen molar-refractivity contribution in [1.82, 2.24) is 0 Å².